The summed E-state index contributed by atoms with van der Waals surface area (Å²) in [5.74, 6) is 0. The molecule has 2 aromatic rings. The van der Waals surface area contributed by atoms with Crippen LogP contribution >= 0.6 is 43.5 Å². The lowest BCUT2D eigenvalue weighted by Crippen LogP contribution is -2.13. The quantitative estimate of drug-likeness (QED) is 0.776. The molecule has 4 heteroatoms. The van der Waals surface area contributed by atoms with Crippen LogP contribution in [0.15, 0.2) is 51.4 Å². The van der Waals surface area contributed by atoms with Crippen LogP contribution in [0, 0.1) is 0 Å². The Bertz CT molecular complexity index is 557. The van der Waals surface area contributed by atoms with E-state index in [1.165, 1.54) is 5.56 Å². The van der Waals surface area contributed by atoms with E-state index in [4.69, 9.17) is 17.3 Å². The summed E-state index contributed by atoms with van der Waals surface area (Å²) in [6.07, 6.45) is 0.765. The van der Waals surface area contributed by atoms with Gasteiger partial charge in [-0.3, -0.25) is 0 Å². The molecule has 1 nitrogen and oxygen atoms in total. The molecule has 0 aliphatic heterocycles. The third-order valence-corrected chi connectivity index (χ3v) is 4.02. The van der Waals surface area contributed by atoms with E-state index < -0.39 is 0 Å². The van der Waals surface area contributed by atoms with Gasteiger partial charge in [0.1, 0.15) is 0 Å². The first kappa shape index (κ1) is 14.1. The Morgan fingerprint density at radius 1 is 1.06 bits per heavy atom. The molecule has 0 aliphatic carbocycles. The number of rotatable bonds is 3. The molecule has 2 rings (SSSR count). The van der Waals surface area contributed by atoms with Gasteiger partial charge in [0.2, 0.25) is 0 Å². The fourth-order valence-electron chi connectivity index (χ4n) is 1.83. The van der Waals surface area contributed by atoms with Crippen molar-refractivity contribution in [2.45, 2.75) is 12.5 Å². The van der Waals surface area contributed by atoms with Crippen molar-refractivity contribution >= 4 is 43.5 Å². The molecular formula is C14H12Br2ClN. The van der Waals surface area contributed by atoms with Gasteiger partial charge >= 0.3 is 0 Å². The van der Waals surface area contributed by atoms with Gasteiger partial charge in [-0.2, -0.15) is 0 Å². The second-order valence-electron chi connectivity index (χ2n) is 4.11. The topological polar surface area (TPSA) is 26.0 Å². The average Bonchev–Trinajstić information content (AvgIpc) is 2.28. The van der Waals surface area contributed by atoms with Crippen molar-refractivity contribution in [1.82, 2.24) is 0 Å². The van der Waals surface area contributed by atoms with Gasteiger partial charge in [-0.1, -0.05) is 61.7 Å². The lowest BCUT2D eigenvalue weighted by Gasteiger charge is -2.14. The summed E-state index contributed by atoms with van der Waals surface area (Å²) >= 11 is 13.1. The first-order valence-electron chi connectivity index (χ1n) is 5.51. The van der Waals surface area contributed by atoms with Gasteiger partial charge < -0.3 is 5.73 Å². The van der Waals surface area contributed by atoms with E-state index in [2.05, 4.69) is 44.0 Å². The molecule has 0 saturated carbocycles. The van der Waals surface area contributed by atoms with Crippen molar-refractivity contribution in [3.63, 3.8) is 0 Å². The number of benzene rings is 2. The number of hydrogen-bond donors (Lipinski definition) is 1. The SMILES string of the molecule is NC(Cc1cccc(Br)c1)c1ccc(Br)cc1Cl. The molecule has 0 heterocycles. The minimum atomic E-state index is -0.0973. The predicted octanol–water partition coefficient (Wildman–Crippen LogP) is 5.11. The predicted molar refractivity (Wildman–Crippen MR) is 83.9 cm³/mol. The molecule has 0 radical (unpaired) electrons. The van der Waals surface area contributed by atoms with Crippen LogP contribution in [0.3, 0.4) is 0 Å². The van der Waals surface area contributed by atoms with Gasteiger partial charge in [0.15, 0.2) is 0 Å². The average molecular weight is 390 g/mol. The fourth-order valence-corrected chi connectivity index (χ4v) is 3.09. The number of halogens is 3. The highest BCUT2D eigenvalue weighted by Gasteiger charge is 2.11. The van der Waals surface area contributed by atoms with Crippen molar-refractivity contribution in [3.05, 3.63) is 67.6 Å². The van der Waals surface area contributed by atoms with Crippen LogP contribution in [0.2, 0.25) is 5.02 Å². The van der Waals surface area contributed by atoms with Crippen molar-refractivity contribution in [2.24, 2.45) is 5.73 Å². The summed E-state index contributed by atoms with van der Waals surface area (Å²) in [6, 6.07) is 13.9. The molecule has 0 saturated heterocycles. The summed E-state index contributed by atoms with van der Waals surface area (Å²) in [5.41, 5.74) is 8.38. The van der Waals surface area contributed by atoms with E-state index in [1.807, 2.05) is 30.3 Å². The second-order valence-corrected chi connectivity index (χ2v) is 6.34. The van der Waals surface area contributed by atoms with Gasteiger partial charge in [-0.05, 0) is 41.8 Å². The van der Waals surface area contributed by atoms with Crippen LogP contribution in [-0.4, -0.2) is 0 Å². The monoisotopic (exact) mass is 387 g/mol. The van der Waals surface area contributed by atoms with Gasteiger partial charge in [0.05, 0.1) is 0 Å². The minimum absolute atomic E-state index is 0.0973. The first-order valence-corrected chi connectivity index (χ1v) is 7.47. The Balaban J connectivity index is 2.19. The van der Waals surface area contributed by atoms with Gasteiger partial charge in [-0.15, -0.1) is 0 Å². The first-order chi connectivity index (χ1) is 8.56. The van der Waals surface area contributed by atoms with E-state index in [0.717, 1.165) is 20.9 Å². The molecule has 2 N–H and O–H groups in total. The van der Waals surface area contributed by atoms with Crippen LogP contribution in [0.1, 0.15) is 17.2 Å². The highest BCUT2D eigenvalue weighted by atomic mass is 79.9. The molecule has 18 heavy (non-hydrogen) atoms. The Morgan fingerprint density at radius 3 is 2.44 bits per heavy atom. The Kier molecular flexibility index (Phi) is 4.84. The smallest absolute Gasteiger partial charge is 0.0465 e. The molecule has 0 fully saturated rings. The Labute approximate surface area is 129 Å². The largest absolute Gasteiger partial charge is 0.324 e. The maximum Gasteiger partial charge on any atom is 0.0465 e. The maximum atomic E-state index is 6.21. The summed E-state index contributed by atoms with van der Waals surface area (Å²) in [4.78, 5) is 0. The highest BCUT2D eigenvalue weighted by molar-refractivity contribution is 9.10. The zero-order valence-electron chi connectivity index (χ0n) is 9.54. The minimum Gasteiger partial charge on any atom is -0.324 e. The van der Waals surface area contributed by atoms with Gasteiger partial charge in [-0.25, -0.2) is 0 Å². The number of hydrogen-bond acceptors (Lipinski definition) is 1. The lowest BCUT2D eigenvalue weighted by molar-refractivity contribution is 0.722. The highest BCUT2D eigenvalue weighted by Crippen LogP contribution is 2.27. The van der Waals surface area contributed by atoms with Crippen molar-refractivity contribution in [2.75, 3.05) is 0 Å². The molecule has 1 atom stereocenters. The number of nitrogens with two attached hydrogens (primary N) is 1. The molecule has 0 spiro atoms. The molecule has 0 amide bonds. The third kappa shape index (κ3) is 3.58. The Hall–Kier alpha value is -0.350. The lowest BCUT2D eigenvalue weighted by atomic mass is 10.00. The van der Waals surface area contributed by atoms with E-state index in [-0.39, 0.29) is 6.04 Å². The molecular weight excluding hydrogens is 377 g/mol. The van der Waals surface area contributed by atoms with E-state index >= 15 is 0 Å². The second kappa shape index (κ2) is 6.20. The molecule has 0 aliphatic rings. The van der Waals surface area contributed by atoms with Crippen LogP contribution in [0.4, 0.5) is 0 Å². The normalized spacial score (nSPS) is 12.4. The van der Waals surface area contributed by atoms with E-state index in [0.29, 0.717) is 5.02 Å². The molecule has 0 aromatic heterocycles. The van der Waals surface area contributed by atoms with Crippen molar-refractivity contribution < 1.29 is 0 Å². The molecule has 1 unspecified atom stereocenters. The van der Waals surface area contributed by atoms with Crippen LogP contribution < -0.4 is 5.73 Å². The van der Waals surface area contributed by atoms with Crippen LogP contribution in [0.25, 0.3) is 0 Å². The third-order valence-electron chi connectivity index (χ3n) is 2.71. The molecule has 2 aromatic carbocycles. The fraction of sp³-hybridized carbons (Fsp3) is 0.143. The van der Waals surface area contributed by atoms with Gasteiger partial charge in [0.25, 0.3) is 0 Å². The molecule has 94 valence electrons. The van der Waals surface area contributed by atoms with Crippen LogP contribution in [0.5, 0.6) is 0 Å². The molecule has 0 bridgehead atoms. The zero-order valence-corrected chi connectivity index (χ0v) is 13.5. The van der Waals surface area contributed by atoms with Crippen molar-refractivity contribution in [3.8, 4) is 0 Å². The van der Waals surface area contributed by atoms with Gasteiger partial charge in [0, 0.05) is 20.0 Å². The van der Waals surface area contributed by atoms with E-state index in [9.17, 15) is 0 Å². The summed E-state index contributed by atoms with van der Waals surface area (Å²) in [6.45, 7) is 0. The summed E-state index contributed by atoms with van der Waals surface area (Å²) in [7, 11) is 0. The van der Waals surface area contributed by atoms with Crippen molar-refractivity contribution in [1.29, 1.82) is 0 Å². The summed E-state index contributed by atoms with van der Waals surface area (Å²) < 4.78 is 2.03. The summed E-state index contributed by atoms with van der Waals surface area (Å²) in [5, 5.41) is 0.701. The standard InChI is InChI=1S/C14H12Br2ClN/c15-10-3-1-2-9(6-10)7-14(18)12-5-4-11(16)8-13(12)17/h1-6,8,14H,7,18H2. The van der Waals surface area contributed by atoms with E-state index in [1.54, 1.807) is 0 Å². The maximum absolute atomic E-state index is 6.21. The Morgan fingerprint density at radius 2 is 1.78 bits per heavy atom. The zero-order chi connectivity index (χ0) is 13.1. The van der Waals surface area contributed by atoms with Crippen LogP contribution in [-0.2, 0) is 6.42 Å².